The van der Waals surface area contributed by atoms with Crippen molar-refractivity contribution in [2.45, 2.75) is 69.7 Å². The number of ether oxygens (including phenoxy) is 2. The van der Waals surface area contributed by atoms with Crippen LogP contribution in [0.3, 0.4) is 0 Å². The van der Waals surface area contributed by atoms with E-state index < -0.39 is 22.0 Å². The molecule has 48 heavy (non-hydrogen) atoms. The minimum Gasteiger partial charge on any atom is -0.490 e. The van der Waals surface area contributed by atoms with Gasteiger partial charge in [0.25, 0.3) is 15.9 Å². The maximum Gasteiger partial charge on any atom is 0.261 e. The van der Waals surface area contributed by atoms with Crippen molar-refractivity contribution in [2.24, 2.45) is 5.92 Å². The van der Waals surface area contributed by atoms with Gasteiger partial charge in [0.1, 0.15) is 5.75 Å². The Morgan fingerprint density at radius 1 is 1.02 bits per heavy atom. The number of aliphatic hydroxyl groups is 1. The van der Waals surface area contributed by atoms with Crippen molar-refractivity contribution in [1.82, 2.24) is 9.80 Å². The number of amides is 1. The van der Waals surface area contributed by atoms with E-state index in [-0.39, 0.29) is 47.4 Å². The Labute approximate surface area is 299 Å². The zero-order valence-corrected chi connectivity index (χ0v) is 30.7. The second-order valence-corrected chi connectivity index (χ2v) is 15.4. The van der Waals surface area contributed by atoms with Crippen LogP contribution in [0.25, 0.3) is 0 Å². The zero-order valence-electron chi connectivity index (χ0n) is 27.7. The molecule has 0 aliphatic carbocycles. The van der Waals surface area contributed by atoms with Crippen LogP contribution < -0.4 is 9.46 Å². The van der Waals surface area contributed by atoms with Gasteiger partial charge in [-0.05, 0) is 100 Å². The summed E-state index contributed by atoms with van der Waals surface area (Å²) in [6.45, 7) is 7.52. The molecular weight excluding hydrogens is 697 g/mol. The fraction of sp³-hybridized carbons (Fsp3) is 0.457. The summed E-state index contributed by atoms with van der Waals surface area (Å²) < 4.78 is 41.7. The molecule has 4 atom stereocenters. The van der Waals surface area contributed by atoms with E-state index in [1.54, 1.807) is 30.0 Å². The van der Waals surface area contributed by atoms with E-state index in [4.69, 9.17) is 44.3 Å². The number of likely N-dealkylation sites (N-methyl/N-ethyl adjacent to an activating group) is 1. The largest absolute Gasteiger partial charge is 0.490 e. The molecule has 3 aromatic carbocycles. The van der Waals surface area contributed by atoms with Crippen LogP contribution in [0.1, 0.15) is 56.0 Å². The summed E-state index contributed by atoms with van der Waals surface area (Å²) in [5.74, 6) is -0.175. The van der Waals surface area contributed by atoms with Gasteiger partial charge < -0.3 is 19.5 Å². The maximum atomic E-state index is 14.4. The molecule has 1 heterocycles. The highest BCUT2D eigenvalue weighted by Crippen LogP contribution is 2.30. The van der Waals surface area contributed by atoms with Crippen LogP contribution in [-0.2, 0) is 21.3 Å². The summed E-state index contributed by atoms with van der Waals surface area (Å²) in [6, 6.07) is 15.5. The van der Waals surface area contributed by atoms with Gasteiger partial charge in [-0.3, -0.25) is 14.4 Å². The molecule has 0 bridgehead atoms. The fourth-order valence-corrected chi connectivity index (χ4v) is 7.09. The van der Waals surface area contributed by atoms with E-state index in [0.29, 0.717) is 40.5 Å². The van der Waals surface area contributed by atoms with Gasteiger partial charge in [0.15, 0.2) is 0 Å². The van der Waals surface area contributed by atoms with Crippen molar-refractivity contribution >= 4 is 56.4 Å². The highest BCUT2D eigenvalue weighted by Gasteiger charge is 2.31. The van der Waals surface area contributed by atoms with Gasteiger partial charge in [0.05, 0.1) is 45.4 Å². The van der Waals surface area contributed by atoms with Crippen molar-refractivity contribution < 1.29 is 27.8 Å². The smallest absolute Gasteiger partial charge is 0.261 e. The average Bonchev–Trinajstić information content (AvgIpc) is 3.04. The van der Waals surface area contributed by atoms with Gasteiger partial charge in [-0.15, -0.1) is 0 Å². The molecule has 13 heteroatoms. The predicted octanol–water partition coefficient (Wildman–Crippen LogP) is 7.38. The first-order valence-corrected chi connectivity index (χ1v) is 18.6. The van der Waals surface area contributed by atoms with E-state index in [2.05, 4.69) is 9.62 Å². The number of halogens is 3. The minimum atomic E-state index is -3.97. The number of sulfonamides is 1. The van der Waals surface area contributed by atoms with Crippen molar-refractivity contribution in [3.63, 3.8) is 0 Å². The van der Waals surface area contributed by atoms with Crippen LogP contribution in [0.4, 0.5) is 5.69 Å². The number of fused-ring (bicyclic) bond motifs is 1. The summed E-state index contributed by atoms with van der Waals surface area (Å²) in [7, 11) is -1.97. The molecule has 2 N–H and O–H groups in total. The third kappa shape index (κ3) is 10.5. The summed E-state index contributed by atoms with van der Waals surface area (Å²) >= 11 is 18.3. The van der Waals surface area contributed by atoms with Crippen LogP contribution in [-0.4, -0.2) is 80.8 Å². The molecule has 3 aromatic rings. The molecule has 9 nitrogen and oxygen atoms in total. The average molecular weight is 741 g/mol. The summed E-state index contributed by atoms with van der Waals surface area (Å²) in [6.07, 6.45) is 1.98. The Balaban J connectivity index is 1.63. The van der Waals surface area contributed by atoms with E-state index in [0.717, 1.165) is 24.8 Å². The van der Waals surface area contributed by atoms with E-state index in [1.165, 1.54) is 30.3 Å². The Morgan fingerprint density at radius 2 is 1.75 bits per heavy atom. The molecular formula is C35H44Cl3N3O6S. The second kappa shape index (κ2) is 17.4. The molecule has 4 rings (SSSR count). The maximum absolute atomic E-state index is 14.4. The van der Waals surface area contributed by atoms with Crippen molar-refractivity contribution in [3.05, 3.63) is 86.9 Å². The first kappa shape index (κ1) is 38.2. The first-order chi connectivity index (χ1) is 22.8. The molecule has 0 unspecified atom stereocenters. The van der Waals surface area contributed by atoms with Gasteiger partial charge in [-0.25, -0.2) is 8.42 Å². The summed E-state index contributed by atoms with van der Waals surface area (Å²) in [5, 5.41) is 11.6. The molecule has 0 radical (unpaired) electrons. The molecule has 1 aliphatic rings. The standard InChI is InChI=1S/C35H44Cl3N3O6S/c1-23-19-41(24(2)22-42)35(43)30-18-28(39-48(44,45)29-12-9-27(36)10-13-29)11-15-33(30)47-25(3)7-5-6-16-46-34(23)21-40(4)20-26-8-14-31(37)32(38)17-26/h8-15,17-18,23-25,34,39,42H,5-7,16,19-22H2,1-4H3/t23-,24-,25+,34+/m1/s1. The number of hydrogen-bond donors (Lipinski definition) is 2. The summed E-state index contributed by atoms with van der Waals surface area (Å²) in [4.78, 5) is 18.2. The molecule has 0 saturated carbocycles. The normalized spacial score (nSPS) is 20.5. The SMILES string of the molecule is C[C@@H]1CN([C@H](C)CO)C(=O)c2cc(NS(=O)(=O)c3ccc(Cl)cc3)ccc2O[C@@H](C)CCCCO[C@H]1CN(C)Cc1ccc(Cl)c(Cl)c1. The number of benzene rings is 3. The van der Waals surface area contributed by atoms with Gasteiger partial charge >= 0.3 is 0 Å². The Morgan fingerprint density at radius 3 is 2.44 bits per heavy atom. The van der Waals surface area contributed by atoms with Crippen molar-refractivity contribution in [3.8, 4) is 5.75 Å². The highest BCUT2D eigenvalue weighted by atomic mass is 35.5. The van der Waals surface area contributed by atoms with Gasteiger partial charge in [-0.1, -0.05) is 47.8 Å². The van der Waals surface area contributed by atoms with Crippen LogP contribution in [0.15, 0.2) is 65.6 Å². The molecule has 0 fully saturated rings. The molecule has 262 valence electrons. The van der Waals surface area contributed by atoms with Crippen molar-refractivity contribution in [2.75, 3.05) is 38.1 Å². The van der Waals surface area contributed by atoms with E-state index in [9.17, 15) is 18.3 Å². The highest BCUT2D eigenvalue weighted by molar-refractivity contribution is 7.92. The Hall–Kier alpha value is -2.57. The third-order valence-corrected chi connectivity index (χ3v) is 10.7. The molecule has 0 saturated heterocycles. The monoisotopic (exact) mass is 739 g/mol. The minimum absolute atomic E-state index is 0.0303. The number of carbonyl (C=O) groups is 1. The quantitative estimate of drug-likeness (QED) is 0.236. The number of carbonyl (C=O) groups excluding carboxylic acids is 1. The number of hydrogen-bond acceptors (Lipinski definition) is 7. The molecule has 1 amide bonds. The molecule has 0 aromatic heterocycles. The summed E-state index contributed by atoms with van der Waals surface area (Å²) in [5.41, 5.74) is 1.40. The molecule has 0 spiro atoms. The zero-order chi connectivity index (χ0) is 35.0. The van der Waals surface area contributed by atoms with Crippen LogP contribution in [0.2, 0.25) is 15.1 Å². The van der Waals surface area contributed by atoms with E-state index in [1.807, 2.05) is 33.0 Å². The van der Waals surface area contributed by atoms with Gasteiger partial charge in [0.2, 0.25) is 0 Å². The van der Waals surface area contributed by atoms with Gasteiger partial charge in [-0.2, -0.15) is 0 Å². The molecule has 1 aliphatic heterocycles. The topological polar surface area (TPSA) is 108 Å². The lowest BCUT2D eigenvalue weighted by Gasteiger charge is -2.36. The number of nitrogens with one attached hydrogen (secondary N) is 1. The number of nitrogens with zero attached hydrogens (tertiary/aromatic N) is 2. The van der Waals surface area contributed by atoms with Crippen LogP contribution >= 0.6 is 34.8 Å². The van der Waals surface area contributed by atoms with E-state index >= 15 is 0 Å². The third-order valence-electron chi connectivity index (χ3n) is 8.36. The van der Waals surface area contributed by atoms with Crippen LogP contribution in [0, 0.1) is 5.92 Å². The Bertz CT molecular complexity index is 1640. The Kier molecular flexibility index (Phi) is 13.8. The lowest BCUT2D eigenvalue weighted by Crippen LogP contribution is -2.47. The predicted molar refractivity (Wildman–Crippen MR) is 192 cm³/mol. The lowest BCUT2D eigenvalue weighted by atomic mass is 10.0. The van der Waals surface area contributed by atoms with Gasteiger partial charge in [0, 0.05) is 42.9 Å². The number of rotatable bonds is 9. The van der Waals surface area contributed by atoms with Crippen molar-refractivity contribution in [1.29, 1.82) is 0 Å². The second-order valence-electron chi connectivity index (χ2n) is 12.5. The fourth-order valence-electron chi connectivity index (χ4n) is 5.60. The lowest BCUT2D eigenvalue weighted by molar-refractivity contribution is -0.0177. The van der Waals surface area contributed by atoms with Crippen LogP contribution in [0.5, 0.6) is 5.75 Å². The number of anilines is 1. The number of aliphatic hydroxyl groups excluding tert-OH is 1. The first-order valence-electron chi connectivity index (χ1n) is 16.0.